The van der Waals surface area contributed by atoms with Crippen molar-refractivity contribution in [1.29, 1.82) is 0 Å². The Morgan fingerprint density at radius 3 is 2.70 bits per heavy atom. The minimum absolute atomic E-state index is 0.0389. The molecule has 0 aliphatic heterocycles. The maximum absolute atomic E-state index is 10.8. The predicted octanol–water partition coefficient (Wildman–Crippen LogP) is 1.42. The Hall–Kier alpha value is -3.09. The van der Waals surface area contributed by atoms with Crippen LogP contribution >= 0.6 is 0 Å². The second-order valence-corrected chi connectivity index (χ2v) is 3.93. The zero-order valence-electron chi connectivity index (χ0n) is 10.2. The third-order valence-electron chi connectivity index (χ3n) is 2.62. The molecular weight excluding hydrogens is 258 g/mol. The number of hydrogen-bond acceptors (Lipinski definition) is 5. The molecule has 3 aromatic rings. The summed E-state index contributed by atoms with van der Waals surface area (Å²) < 4.78 is 1.39. The number of aromatic carboxylic acids is 1. The van der Waals surface area contributed by atoms with Crippen molar-refractivity contribution in [3.8, 4) is 17.2 Å². The van der Waals surface area contributed by atoms with Gasteiger partial charge in [-0.05, 0) is 18.2 Å². The summed E-state index contributed by atoms with van der Waals surface area (Å²) in [6.07, 6.45) is 4.60. The summed E-state index contributed by atoms with van der Waals surface area (Å²) >= 11 is 0. The van der Waals surface area contributed by atoms with Crippen LogP contribution in [0.15, 0.2) is 49.1 Å². The highest BCUT2D eigenvalue weighted by Gasteiger charge is 2.09. The molecule has 3 aromatic heterocycles. The molecule has 0 atom stereocenters. The quantitative estimate of drug-likeness (QED) is 0.771. The molecule has 20 heavy (non-hydrogen) atoms. The second kappa shape index (κ2) is 4.88. The number of hydrogen-bond donors (Lipinski definition) is 1. The van der Waals surface area contributed by atoms with E-state index < -0.39 is 5.97 Å². The first kappa shape index (κ1) is 12.0. The Kier molecular flexibility index (Phi) is 2.92. The van der Waals surface area contributed by atoms with Crippen molar-refractivity contribution in [3.05, 3.63) is 54.7 Å². The molecule has 3 heterocycles. The molecule has 0 fully saturated rings. The molecule has 0 aliphatic carbocycles. The predicted molar refractivity (Wildman–Crippen MR) is 69.3 cm³/mol. The van der Waals surface area contributed by atoms with E-state index in [0.717, 1.165) is 0 Å². The molecule has 98 valence electrons. The summed E-state index contributed by atoms with van der Waals surface area (Å²) in [5, 5.41) is 12.8. The standard InChI is InChI=1S/C13H9N5O2/c19-13(20)10-4-6-18(17-10)12-7-11(15-8-16-12)9-3-1-2-5-14-9/h1-8H,(H,19,20). The zero-order valence-corrected chi connectivity index (χ0v) is 10.2. The van der Waals surface area contributed by atoms with Crippen LogP contribution in [0.3, 0.4) is 0 Å². The number of carbonyl (C=O) groups is 1. The summed E-state index contributed by atoms with van der Waals surface area (Å²) in [6, 6.07) is 8.61. The number of carboxylic acid groups (broad SMARTS) is 1. The minimum Gasteiger partial charge on any atom is -0.476 e. The van der Waals surface area contributed by atoms with E-state index in [0.29, 0.717) is 17.2 Å². The number of nitrogens with zero attached hydrogens (tertiary/aromatic N) is 5. The van der Waals surface area contributed by atoms with Gasteiger partial charge in [-0.3, -0.25) is 4.98 Å². The number of carboxylic acids is 1. The van der Waals surface area contributed by atoms with Gasteiger partial charge in [0.05, 0.1) is 11.4 Å². The molecule has 0 spiro atoms. The normalized spacial score (nSPS) is 10.4. The van der Waals surface area contributed by atoms with Gasteiger partial charge in [-0.15, -0.1) is 0 Å². The van der Waals surface area contributed by atoms with Crippen molar-refractivity contribution < 1.29 is 9.90 Å². The Labute approximate surface area is 113 Å². The molecule has 1 N–H and O–H groups in total. The van der Waals surface area contributed by atoms with E-state index in [1.165, 1.54) is 23.3 Å². The van der Waals surface area contributed by atoms with Crippen LogP contribution in [-0.2, 0) is 0 Å². The molecule has 0 saturated carbocycles. The van der Waals surface area contributed by atoms with Crippen molar-refractivity contribution in [2.45, 2.75) is 0 Å². The lowest BCUT2D eigenvalue weighted by molar-refractivity contribution is 0.0690. The number of aromatic nitrogens is 5. The van der Waals surface area contributed by atoms with Crippen molar-refractivity contribution in [3.63, 3.8) is 0 Å². The van der Waals surface area contributed by atoms with Crippen LogP contribution in [0.5, 0.6) is 0 Å². The van der Waals surface area contributed by atoms with Crippen molar-refractivity contribution in [1.82, 2.24) is 24.7 Å². The molecule has 0 bridgehead atoms. The van der Waals surface area contributed by atoms with Crippen LogP contribution in [0.25, 0.3) is 17.2 Å². The third-order valence-corrected chi connectivity index (χ3v) is 2.62. The molecule has 7 heteroatoms. The summed E-state index contributed by atoms with van der Waals surface area (Å²) in [5.41, 5.74) is 1.31. The van der Waals surface area contributed by atoms with Crippen LogP contribution in [0, 0.1) is 0 Å². The SMILES string of the molecule is O=C(O)c1ccn(-c2cc(-c3ccccn3)ncn2)n1. The second-order valence-electron chi connectivity index (χ2n) is 3.93. The van der Waals surface area contributed by atoms with E-state index >= 15 is 0 Å². The largest absolute Gasteiger partial charge is 0.476 e. The van der Waals surface area contributed by atoms with Crippen LogP contribution in [-0.4, -0.2) is 35.8 Å². The van der Waals surface area contributed by atoms with E-state index in [4.69, 9.17) is 5.11 Å². The molecular formula is C13H9N5O2. The van der Waals surface area contributed by atoms with Gasteiger partial charge in [-0.1, -0.05) is 6.07 Å². The smallest absolute Gasteiger partial charge is 0.356 e. The first-order valence-electron chi connectivity index (χ1n) is 5.77. The monoisotopic (exact) mass is 267 g/mol. The highest BCUT2D eigenvalue weighted by molar-refractivity contribution is 5.85. The van der Waals surface area contributed by atoms with Crippen molar-refractivity contribution in [2.75, 3.05) is 0 Å². The Morgan fingerprint density at radius 1 is 1.10 bits per heavy atom. The molecule has 0 aliphatic rings. The minimum atomic E-state index is -1.08. The first-order chi connectivity index (χ1) is 9.74. The fourth-order valence-electron chi connectivity index (χ4n) is 1.69. The number of rotatable bonds is 3. The van der Waals surface area contributed by atoms with Crippen molar-refractivity contribution >= 4 is 5.97 Å². The summed E-state index contributed by atoms with van der Waals surface area (Å²) in [6.45, 7) is 0. The molecule has 0 amide bonds. The summed E-state index contributed by atoms with van der Waals surface area (Å²) in [7, 11) is 0. The maximum Gasteiger partial charge on any atom is 0.356 e. The molecule has 0 aromatic carbocycles. The maximum atomic E-state index is 10.8. The van der Waals surface area contributed by atoms with Crippen LogP contribution in [0.2, 0.25) is 0 Å². The molecule has 0 radical (unpaired) electrons. The van der Waals surface area contributed by atoms with Gasteiger partial charge in [0.25, 0.3) is 0 Å². The van der Waals surface area contributed by atoms with Gasteiger partial charge in [-0.25, -0.2) is 19.4 Å². The number of pyridine rings is 1. The lowest BCUT2D eigenvalue weighted by Crippen LogP contribution is -2.03. The van der Waals surface area contributed by atoms with Gasteiger partial charge in [0.2, 0.25) is 0 Å². The Balaban J connectivity index is 2.01. The first-order valence-corrected chi connectivity index (χ1v) is 5.77. The van der Waals surface area contributed by atoms with Gasteiger partial charge < -0.3 is 5.11 Å². The van der Waals surface area contributed by atoms with E-state index in [1.807, 2.05) is 18.2 Å². The highest BCUT2D eigenvalue weighted by atomic mass is 16.4. The van der Waals surface area contributed by atoms with Gasteiger partial charge in [0.1, 0.15) is 6.33 Å². The van der Waals surface area contributed by atoms with Gasteiger partial charge in [-0.2, -0.15) is 5.10 Å². The van der Waals surface area contributed by atoms with Gasteiger partial charge >= 0.3 is 5.97 Å². The lowest BCUT2D eigenvalue weighted by atomic mass is 10.2. The van der Waals surface area contributed by atoms with E-state index in [9.17, 15) is 4.79 Å². The zero-order chi connectivity index (χ0) is 13.9. The van der Waals surface area contributed by atoms with Gasteiger partial charge in [0, 0.05) is 18.5 Å². The fraction of sp³-hybridized carbons (Fsp3) is 0. The molecule has 0 saturated heterocycles. The third kappa shape index (κ3) is 2.24. The molecule has 3 rings (SSSR count). The fourth-order valence-corrected chi connectivity index (χ4v) is 1.69. The van der Waals surface area contributed by atoms with Crippen LogP contribution < -0.4 is 0 Å². The van der Waals surface area contributed by atoms with Crippen molar-refractivity contribution in [2.24, 2.45) is 0 Å². The Morgan fingerprint density at radius 2 is 2.00 bits per heavy atom. The summed E-state index contributed by atoms with van der Waals surface area (Å²) in [4.78, 5) is 23.2. The average molecular weight is 267 g/mol. The topological polar surface area (TPSA) is 93.8 Å². The van der Waals surface area contributed by atoms with E-state index in [2.05, 4.69) is 20.1 Å². The summed E-state index contributed by atoms with van der Waals surface area (Å²) in [5.74, 6) is -0.601. The average Bonchev–Trinajstić information content (AvgIpc) is 2.98. The van der Waals surface area contributed by atoms with Crippen LogP contribution in [0.1, 0.15) is 10.5 Å². The molecule has 7 nitrogen and oxygen atoms in total. The van der Waals surface area contributed by atoms with Crippen LogP contribution in [0.4, 0.5) is 0 Å². The lowest BCUT2D eigenvalue weighted by Gasteiger charge is -2.03. The van der Waals surface area contributed by atoms with Gasteiger partial charge in [0.15, 0.2) is 11.5 Å². The van der Waals surface area contributed by atoms with E-state index in [1.54, 1.807) is 12.3 Å². The molecule has 0 unspecified atom stereocenters. The van der Waals surface area contributed by atoms with E-state index in [-0.39, 0.29) is 5.69 Å². The Bertz CT molecular complexity index is 754. The highest BCUT2D eigenvalue weighted by Crippen LogP contribution is 2.15.